The van der Waals surface area contributed by atoms with E-state index in [1.165, 1.54) is 0 Å². The van der Waals surface area contributed by atoms with Crippen LogP contribution in [0.25, 0.3) is 0 Å². The van der Waals surface area contributed by atoms with Gasteiger partial charge in [0.15, 0.2) is 0 Å². The summed E-state index contributed by atoms with van der Waals surface area (Å²) >= 11 is 0. The highest BCUT2D eigenvalue weighted by Gasteiger charge is 2.27. The van der Waals surface area contributed by atoms with Crippen molar-refractivity contribution in [1.29, 1.82) is 0 Å². The highest BCUT2D eigenvalue weighted by Crippen LogP contribution is 2.23. The van der Waals surface area contributed by atoms with Gasteiger partial charge < -0.3 is 19.3 Å². The predicted molar refractivity (Wildman–Crippen MR) is 154 cm³/mol. The molecule has 1 atom stereocenters. The average Bonchev–Trinajstić information content (AvgIpc) is 2.97. The first kappa shape index (κ1) is 28.4. The first-order valence-electron chi connectivity index (χ1n) is 13.9. The van der Waals surface area contributed by atoms with Crippen LogP contribution in [0.4, 0.5) is 0 Å². The van der Waals surface area contributed by atoms with Crippen molar-refractivity contribution in [2.75, 3.05) is 40.0 Å². The Balaban J connectivity index is 1.64. The van der Waals surface area contributed by atoms with Gasteiger partial charge in [0.25, 0.3) is 5.91 Å². The normalized spacial score (nSPS) is 16.9. The molecular weight excluding hydrogens is 488 g/mol. The van der Waals surface area contributed by atoms with E-state index in [0.29, 0.717) is 57.0 Å². The minimum absolute atomic E-state index is 0.0472. The Morgan fingerprint density at radius 2 is 1.64 bits per heavy atom. The molecule has 0 radical (unpaired) electrons. The summed E-state index contributed by atoms with van der Waals surface area (Å²) in [4.78, 5) is 31.3. The minimum Gasteiger partial charge on any atom is -0.491 e. The van der Waals surface area contributed by atoms with Crippen LogP contribution in [0.1, 0.15) is 46.3 Å². The third kappa shape index (κ3) is 7.93. The summed E-state index contributed by atoms with van der Waals surface area (Å²) in [5.74, 6) is 0.609. The van der Waals surface area contributed by atoms with Gasteiger partial charge in [-0.15, -0.1) is 0 Å². The Bertz CT molecular complexity index is 1210. The molecule has 0 saturated carbocycles. The lowest BCUT2D eigenvalue weighted by atomic mass is 10.0. The predicted octanol–water partition coefficient (Wildman–Crippen LogP) is 5.33. The molecule has 1 aliphatic rings. The van der Waals surface area contributed by atoms with Crippen LogP contribution >= 0.6 is 0 Å². The van der Waals surface area contributed by atoms with Gasteiger partial charge in [0.05, 0.1) is 24.6 Å². The Kier molecular flexibility index (Phi) is 10.5. The zero-order valence-electron chi connectivity index (χ0n) is 23.2. The van der Waals surface area contributed by atoms with Crippen molar-refractivity contribution in [3.63, 3.8) is 0 Å². The van der Waals surface area contributed by atoms with Crippen LogP contribution in [0.5, 0.6) is 5.75 Å². The number of carbonyl (C=O) groups is 2. The van der Waals surface area contributed by atoms with Gasteiger partial charge in [0.2, 0.25) is 5.91 Å². The number of carbonyl (C=O) groups excluding carboxylic acids is 2. The Morgan fingerprint density at radius 1 is 0.923 bits per heavy atom. The van der Waals surface area contributed by atoms with E-state index < -0.39 is 0 Å². The summed E-state index contributed by atoms with van der Waals surface area (Å²) < 4.78 is 11.7. The van der Waals surface area contributed by atoms with Gasteiger partial charge in [0.1, 0.15) is 12.4 Å². The van der Waals surface area contributed by atoms with E-state index in [1.54, 1.807) is 7.11 Å². The van der Waals surface area contributed by atoms with Crippen LogP contribution in [-0.2, 0) is 22.4 Å². The molecule has 2 amide bonds. The van der Waals surface area contributed by atoms with E-state index in [2.05, 4.69) is 25.1 Å². The summed E-state index contributed by atoms with van der Waals surface area (Å²) in [5, 5.41) is 0. The van der Waals surface area contributed by atoms with Crippen LogP contribution in [-0.4, -0.2) is 67.6 Å². The second kappa shape index (κ2) is 14.5. The van der Waals surface area contributed by atoms with Crippen molar-refractivity contribution < 1.29 is 19.1 Å². The van der Waals surface area contributed by atoms with Crippen molar-refractivity contribution in [2.24, 2.45) is 0 Å². The monoisotopic (exact) mass is 528 g/mol. The van der Waals surface area contributed by atoms with Crippen molar-refractivity contribution in [2.45, 2.75) is 45.1 Å². The number of benzene rings is 3. The Morgan fingerprint density at radius 3 is 2.44 bits per heavy atom. The lowest BCUT2D eigenvalue weighted by molar-refractivity contribution is -0.133. The van der Waals surface area contributed by atoms with Gasteiger partial charge in [-0.1, -0.05) is 66.7 Å². The second-order valence-electron chi connectivity index (χ2n) is 10.2. The largest absolute Gasteiger partial charge is 0.491 e. The maximum absolute atomic E-state index is 13.9. The molecule has 0 spiro atoms. The third-order valence-electron chi connectivity index (χ3n) is 7.41. The Labute approximate surface area is 232 Å². The van der Waals surface area contributed by atoms with Crippen LogP contribution in [0, 0.1) is 6.92 Å². The Hall–Kier alpha value is -3.64. The number of amides is 2. The van der Waals surface area contributed by atoms with Crippen LogP contribution < -0.4 is 4.74 Å². The fourth-order valence-corrected chi connectivity index (χ4v) is 5.13. The molecule has 0 N–H and O–H groups in total. The molecule has 1 heterocycles. The number of hydrogen-bond acceptors (Lipinski definition) is 4. The standard InChI is InChI=1S/C33H40N2O4/c1-26-13-7-8-16-28(26)24-32(36)35-20-12-4-11-19-34(21-22-38-2)33(37)30-17-9-10-18-31(30)39-25-29(35)23-27-14-5-3-6-15-27/h3,5-10,13-18,29H,4,11-12,19-25H2,1-2H3/t29-/m0/s1. The maximum atomic E-state index is 13.9. The topological polar surface area (TPSA) is 59.1 Å². The van der Waals surface area contributed by atoms with Crippen molar-refractivity contribution in [3.8, 4) is 5.75 Å². The highest BCUT2D eigenvalue weighted by molar-refractivity contribution is 5.97. The van der Waals surface area contributed by atoms with E-state index in [1.807, 2.05) is 70.5 Å². The number of ether oxygens (including phenoxy) is 2. The molecular formula is C33H40N2O4. The SMILES string of the molecule is COCCN1CCCCCN(C(=O)Cc2ccccc2C)[C@@H](Cc2ccccc2)COc2ccccc2C1=O. The minimum atomic E-state index is -0.169. The van der Waals surface area contributed by atoms with Crippen molar-refractivity contribution >= 4 is 11.8 Å². The second-order valence-corrected chi connectivity index (χ2v) is 10.2. The molecule has 3 aromatic rings. The van der Waals surface area contributed by atoms with Gasteiger partial charge in [-0.2, -0.15) is 0 Å². The lowest BCUT2D eigenvalue weighted by Gasteiger charge is -2.32. The zero-order chi connectivity index (χ0) is 27.5. The molecule has 1 aliphatic heterocycles. The number of aryl methyl sites for hydroxylation is 1. The molecule has 206 valence electrons. The summed E-state index contributed by atoms with van der Waals surface area (Å²) in [6.45, 7) is 4.66. The molecule has 6 nitrogen and oxygen atoms in total. The number of hydrogen-bond donors (Lipinski definition) is 0. The molecule has 4 rings (SSSR count). The summed E-state index contributed by atoms with van der Waals surface area (Å²) in [5.41, 5.74) is 3.87. The quantitative estimate of drug-likeness (QED) is 0.416. The number of rotatable bonds is 7. The summed E-state index contributed by atoms with van der Waals surface area (Å²) in [7, 11) is 1.65. The molecule has 0 bridgehead atoms. The van der Waals surface area contributed by atoms with Crippen molar-refractivity contribution in [3.05, 3.63) is 101 Å². The fraction of sp³-hybridized carbons (Fsp3) is 0.394. The smallest absolute Gasteiger partial charge is 0.257 e. The van der Waals surface area contributed by atoms with Crippen LogP contribution in [0.15, 0.2) is 78.9 Å². The number of fused-ring (bicyclic) bond motifs is 1. The lowest BCUT2D eigenvalue weighted by Crippen LogP contribution is -2.46. The van der Waals surface area contributed by atoms with Crippen LogP contribution in [0.3, 0.4) is 0 Å². The first-order chi connectivity index (χ1) is 19.1. The van der Waals surface area contributed by atoms with Crippen LogP contribution in [0.2, 0.25) is 0 Å². The maximum Gasteiger partial charge on any atom is 0.257 e. The van der Waals surface area contributed by atoms with Gasteiger partial charge in [-0.05, 0) is 61.4 Å². The highest BCUT2D eigenvalue weighted by atomic mass is 16.5. The molecule has 39 heavy (non-hydrogen) atoms. The van der Waals surface area contributed by atoms with E-state index in [9.17, 15) is 9.59 Å². The van der Waals surface area contributed by atoms with E-state index in [-0.39, 0.29) is 17.9 Å². The van der Waals surface area contributed by atoms with E-state index in [4.69, 9.17) is 9.47 Å². The van der Waals surface area contributed by atoms with Gasteiger partial charge >= 0.3 is 0 Å². The summed E-state index contributed by atoms with van der Waals surface area (Å²) in [6.07, 6.45) is 3.69. The zero-order valence-corrected chi connectivity index (χ0v) is 23.2. The van der Waals surface area contributed by atoms with Gasteiger partial charge in [-0.3, -0.25) is 9.59 Å². The van der Waals surface area contributed by atoms with E-state index >= 15 is 0 Å². The van der Waals surface area contributed by atoms with Crippen molar-refractivity contribution in [1.82, 2.24) is 9.80 Å². The number of para-hydroxylation sites is 1. The third-order valence-corrected chi connectivity index (χ3v) is 7.41. The molecule has 0 fully saturated rings. The van der Waals surface area contributed by atoms with Gasteiger partial charge in [-0.25, -0.2) is 0 Å². The fourth-order valence-electron chi connectivity index (χ4n) is 5.13. The van der Waals surface area contributed by atoms with E-state index in [0.717, 1.165) is 36.0 Å². The molecule has 0 unspecified atom stereocenters. The summed E-state index contributed by atoms with van der Waals surface area (Å²) in [6, 6.07) is 25.6. The molecule has 0 aliphatic carbocycles. The molecule has 0 aromatic heterocycles. The number of methoxy groups -OCH3 is 1. The molecule has 0 saturated heterocycles. The average molecular weight is 529 g/mol. The molecule has 3 aromatic carbocycles. The molecule has 6 heteroatoms. The number of nitrogens with zero attached hydrogens (tertiary/aromatic N) is 2. The van der Waals surface area contributed by atoms with Gasteiger partial charge in [0, 0.05) is 26.7 Å². The first-order valence-corrected chi connectivity index (χ1v) is 13.9.